The van der Waals surface area contributed by atoms with Gasteiger partial charge in [-0.1, -0.05) is 12.1 Å². The number of ether oxygens (including phenoxy) is 1. The van der Waals surface area contributed by atoms with Gasteiger partial charge in [0.05, 0.1) is 0 Å². The van der Waals surface area contributed by atoms with E-state index in [1.165, 1.54) is 0 Å². The minimum atomic E-state index is -0.986. The third kappa shape index (κ3) is 3.04. The SMILES string of the molecule is Cc1csc(-c2cccc(OCC(=O)O)c2)n1. The summed E-state index contributed by atoms with van der Waals surface area (Å²) in [6.45, 7) is 1.60. The van der Waals surface area contributed by atoms with E-state index in [0.717, 1.165) is 16.3 Å². The quantitative estimate of drug-likeness (QED) is 0.904. The van der Waals surface area contributed by atoms with Crippen LogP contribution in [0.15, 0.2) is 29.6 Å². The summed E-state index contributed by atoms with van der Waals surface area (Å²) in [5, 5.41) is 11.4. The average Bonchev–Trinajstić information content (AvgIpc) is 2.74. The van der Waals surface area contributed by atoms with E-state index in [0.29, 0.717) is 5.75 Å². The molecule has 0 amide bonds. The van der Waals surface area contributed by atoms with Gasteiger partial charge < -0.3 is 9.84 Å². The molecule has 2 rings (SSSR count). The van der Waals surface area contributed by atoms with Gasteiger partial charge >= 0.3 is 5.97 Å². The highest BCUT2D eigenvalue weighted by atomic mass is 32.1. The molecule has 1 aromatic carbocycles. The number of carboxylic acid groups (broad SMARTS) is 1. The van der Waals surface area contributed by atoms with Gasteiger partial charge in [-0.3, -0.25) is 0 Å². The van der Waals surface area contributed by atoms with Crippen molar-refractivity contribution in [3.63, 3.8) is 0 Å². The van der Waals surface area contributed by atoms with Crippen molar-refractivity contribution < 1.29 is 14.6 Å². The number of hydrogen-bond acceptors (Lipinski definition) is 4. The van der Waals surface area contributed by atoms with E-state index < -0.39 is 5.97 Å². The number of rotatable bonds is 4. The van der Waals surface area contributed by atoms with Crippen LogP contribution in [0.1, 0.15) is 5.69 Å². The molecule has 0 spiro atoms. The summed E-state index contributed by atoms with van der Waals surface area (Å²) in [7, 11) is 0. The summed E-state index contributed by atoms with van der Waals surface area (Å²) in [6.07, 6.45) is 0. The fourth-order valence-electron chi connectivity index (χ4n) is 1.35. The van der Waals surface area contributed by atoms with Crippen LogP contribution in [0.3, 0.4) is 0 Å². The largest absolute Gasteiger partial charge is 0.482 e. The molecule has 5 heteroatoms. The minimum Gasteiger partial charge on any atom is -0.482 e. The van der Waals surface area contributed by atoms with Crippen LogP contribution < -0.4 is 4.74 Å². The Morgan fingerprint density at radius 2 is 2.35 bits per heavy atom. The van der Waals surface area contributed by atoms with Crippen LogP contribution in [0.4, 0.5) is 0 Å². The van der Waals surface area contributed by atoms with Crippen molar-refractivity contribution in [1.29, 1.82) is 0 Å². The van der Waals surface area contributed by atoms with Crippen LogP contribution in [0, 0.1) is 6.92 Å². The van der Waals surface area contributed by atoms with E-state index in [-0.39, 0.29) is 6.61 Å². The van der Waals surface area contributed by atoms with Crippen LogP contribution in [0.2, 0.25) is 0 Å². The number of carbonyl (C=O) groups is 1. The number of thiazole rings is 1. The standard InChI is InChI=1S/C12H11NO3S/c1-8-7-17-12(13-8)9-3-2-4-10(5-9)16-6-11(14)15/h2-5,7H,6H2,1H3,(H,14,15). The zero-order valence-corrected chi connectivity index (χ0v) is 10.0. The predicted molar refractivity (Wildman–Crippen MR) is 65.4 cm³/mol. The third-order valence-corrected chi connectivity index (χ3v) is 3.07. The molecule has 4 nitrogen and oxygen atoms in total. The molecule has 17 heavy (non-hydrogen) atoms. The van der Waals surface area contributed by atoms with Gasteiger partial charge in [-0.25, -0.2) is 9.78 Å². The van der Waals surface area contributed by atoms with Crippen molar-refractivity contribution in [2.75, 3.05) is 6.61 Å². The normalized spacial score (nSPS) is 10.2. The average molecular weight is 249 g/mol. The van der Waals surface area contributed by atoms with Crippen LogP contribution in [0.5, 0.6) is 5.75 Å². The van der Waals surface area contributed by atoms with Gasteiger partial charge in [0.2, 0.25) is 0 Å². The zero-order valence-electron chi connectivity index (χ0n) is 9.21. The second-order valence-corrected chi connectivity index (χ2v) is 4.36. The fourth-order valence-corrected chi connectivity index (χ4v) is 2.15. The van der Waals surface area contributed by atoms with Crippen LogP contribution in [-0.4, -0.2) is 22.7 Å². The number of nitrogens with zero attached hydrogens (tertiary/aromatic N) is 1. The van der Waals surface area contributed by atoms with Gasteiger partial charge in [0, 0.05) is 16.6 Å². The van der Waals surface area contributed by atoms with E-state index >= 15 is 0 Å². The molecule has 2 aromatic rings. The molecule has 0 unspecified atom stereocenters. The van der Waals surface area contributed by atoms with Gasteiger partial charge in [-0.15, -0.1) is 11.3 Å². The Bertz CT molecular complexity index is 536. The van der Waals surface area contributed by atoms with Gasteiger partial charge in [-0.05, 0) is 19.1 Å². The first-order valence-electron chi connectivity index (χ1n) is 5.02. The molecule has 0 saturated carbocycles. The van der Waals surface area contributed by atoms with E-state index in [9.17, 15) is 4.79 Å². The summed E-state index contributed by atoms with van der Waals surface area (Å²) in [5.74, 6) is -0.446. The maximum Gasteiger partial charge on any atom is 0.341 e. The topological polar surface area (TPSA) is 59.4 Å². The molecule has 1 N–H and O–H groups in total. The summed E-state index contributed by atoms with van der Waals surface area (Å²) in [4.78, 5) is 14.8. The fraction of sp³-hybridized carbons (Fsp3) is 0.167. The predicted octanol–water partition coefficient (Wildman–Crippen LogP) is 2.58. The Hall–Kier alpha value is -1.88. The number of aromatic nitrogens is 1. The maximum absolute atomic E-state index is 10.4. The molecule has 0 aliphatic heterocycles. The first-order chi connectivity index (χ1) is 8.15. The molecule has 0 fully saturated rings. The molecule has 88 valence electrons. The molecular formula is C12H11NO3S. The Kier molecular flexibility index (Phi) is 3.39. The van der Waals surface area contributed by atoms with Crippen molar-refractivity contribution in [3.05, 3.63) is 35.3 Å². The van der Waals surface area contributed by atoms with Crippen LogP contribution in [-0.2, 0) is 4.79 Å². The highest BCUT2D eigenvalue weighted by Gasteiger charge is 2.05. The van der Waals surface area contributed by atoms with Gasteiger partial charge in [-0.2, -0.15) is 0 Å². The van der Waals surface area contributed by atoms with Crippen molar-refractivity contribution in [1.82, 2.24) is 4.98 Å². The van der Waals surface area contributed by atoms with Crippen LogP contribution in [0.25, 0.3) is 10.6 Å². The van der Waals surface area contributed by atoms with Gasteiger partial charge in [0.1, 0.15) is 10.8 Å². The first kappa shape index (κ1) is 11.6. The lowest BCUT2D eigenvalue weighted by Crippen LogP contribution is -2.09. The summed E-state index contributed by atoms with van der Waals surface area (Å²) in [5.41, 5.74) is 1.91. The number of aryl methyl sites for hydroxylation is 1. The van der Waals surface area contributed by atoms with Crippen LogP contribution >= 0.6 is 11.3 Å². The lowest BCUT2D eigenvalue weighted by Gasteiger charge is -2.04. The van der Waals surface area contributed by atoms with Crippen molar-refractivity contribution in [2.45, 2.75) is 6.92 Å². The zero-order chi connectivity index (χ0) is 12.3. The van der Waals surface area contributed by atoms with Gasteiger partial charge in [0.25, 0.3) is 0 Å². The highest BCUT2D eigenvalue weighted by molar-refractivity contribution is 7.13. The Balaban J connectivity index is 2.19. The van der Waals surface area contributed by atoms with E-state index in [1.54, 1.807) is 23.5 Å². The van der Waals surface area contributed by atoms with E-state index in [2.05, 4.69) is 4.98 Å². The lowest BCUT2D eigenvalue weighted by atomic mass is 10.2. The van der Waals surface area contributed by atoms with Gasteiger partial charge in [0.15, 0.2) is 6.61 Å². The Morgan fingerprint density at radius 1 is 1.53 bits per heavy atom. The highest BCUT2D eigenvalue weighted by Crippen LogP contribution is 2.26. The minimum absolute atomic E-state index is 0.333. The molecule has 0 aliphatic carbocycles. The molecule has 0 bridgehead atoms. The molecule has 0 radical (unpaired) electrons. The van der Waals surface area contributed by atoms with Crippen molar-refractivity contribution in [2.24, 2.45) is 0 Å². The van der Waals surface area contributed by atoms with E-state index in [1.807, 2.05) is 24.4 Å². The first-order valence-corrected chi connectivity index (χ1v) is 5.90. The summed E-state index contributed by atoms with van der Waals surface area (Å²) in [6, 6.07) is 7.27. The second-order valence-electron chi connectivity index (χ2n) is 3.50. The number of hydrogen-bond donors (Lipinski definition) is 1. The summed E-state index contributed by atoms with van der Waals surface area (Å²) < 4.78 is 5.11. The molecule has 0 atom stereocenters. The monoisotopic (exact) mass is 249 g/mol. The second kappa shape index (κ2) is 4.97. The molecule has 1 heterocycles. The number of aliphatic carboxylic acids is 1. The Morgan fingerprint density at radius 3 is 3.00 bits per heavy atom. The third-order valence-electron chi connectivity index (χ3n) is 2.06. The molecular weight excluding hydrogens is 238 g/mol. The molecule has 0 aliphatic rings. The lowest BCUT2D eigenvalue weighted by molar-refractivity contribution is -0.139. The Labute approximate surface area is 103 Å². The number of benzene rings is 1. The number of carboxylic acids is 1. The smallest absolute Gasteiger partial charge is 0.341 e. The molecule has 1 aromatic heterocycles. The van der Waals surface area contributed by atoms with E-state index in [4.69, 9.17) is 9.84 Å². The van der Waals surface area contributed by atoms with Crippen molar-refractivity contribution >= 4 is 17.3 Å². The maximum atomic E-state index is 10.4. The summed E-state index contributed by atoms with van der Waals surface area (Å²) >= 11 is 1.55. The molecule has 0 saturated heterocycles. The van der Waals surface area contributed by atoms with Crippen molar-refractivity contribution in [3.8, 4) is 16.3 Å².